The minimum Gasteiger partial charge on any atom is -0.545 e. The van der Waals surface area contributed by atoms with Crippen LogP contribution in [0.1, 0.15) is 24.2 Å². The van der Waals surface area contributed by atoms with E-state index in [1.807, 2.05) is 45.2 Å². The standard InChI is InChI=1S/C13H12I2O6/c1-6(14)12(18)20-8-3-4-9(11(16)17)10(5-8)21-13(19)7(2)15/h3-7H,1-2H3,(H,16,17)/p-1. The molecule has 0 saturated carbocycles. The van der Waals surface area contributed by atoms with E-state index >= 15 is 0 Å². The number of ether oxygens (including phenoxy) is 2. The highest BCUT2D eigenvalue weighted by molar-refractivity contribution is 14.1. The SMILES string of the molecule is CC(I)C(=O)Oc1ccc(C(=O)[O-])c(OC(=O)C(C)I)c1. The van der Waals surface area contributed by atoms with Gasteiger partial charge in [-0.2, -0.15) is 0 Å². The van der Waals surface area contributed by atoms with Crippen LogP contribution in [0.15, 0.2) is 18.2 Å². The van der Waals surface area contributed by atoms with Gasteiger partial charge in [-0.15, -0.1) is 0 Å². The fraction of sp³-hybridized carbons (Fsp3) is 0.308. The summed E-state index contributed by atoms with van der Waals surface area (Å²) in [6.45, 7) is 3.25. The van der Waals surface area contributed by atoms with Crippen LogP contribution in [0.3, 0.4) is 0 Å². The summed E-state index contributed by atoms with van der Waals surface area (Å²) in [6, 6.07) is 3.64. The fourth-order valence-corrected chi connectivity index (χ4v) is 1.46. The Kier molecular flexibility index (Phi) is 6.84. The summed E-state index contributed by atoms with van der Waals surface area (Å²) in [6.07, 6.45) is 0. The quantitative estimate of drug-likeness (QED) is 0.255. The maximum Gasteiger partial charge on any atom is 0.324 e. The molecule has 0 fully saturated rings. The van der Waals surface area contributed by atoms with E-state index in [9.17, 15) is 19.5 Å². The Hall–Kier alpha value is -0.910. The van der Waals surface area contributed by atoms with Crippen LogP contribution in [-0.2, 0) is 9.59 Å². The van der Waals surface area contributed by atoms with Crippen molar-refractivity contribution in [2.45, 2.75) is 21.7 Å². The molecule has 2 unspecified atom stereocenters. The predicted molar refractivity (Wildman–Crippen MR) is 89.0 cm³/mol. The third-order valence-electron chi connectivity index (χ3n) is 2.25. The lowest BCUT2D eigenvalue weighted by molar-refractivity contribution is -0.255. The summed E-state index contributed by atoms with van der Waals surface area (Å²) < 4.78 is 9.20. The van der Waals surface area contributed by atoms with Gasteiger partial charge in [0.15, 0.2) is 0 Å². The van der Waals surface area contributed by atoms with Gasteiger partial charge in [0.25, 0.3) is 0 Å². The molecule has 0 saturated heterocycles. The number of carboxylic acids is 1. The van der Waals surface area contributed by atoms with Crippen LogP contribution in [0.5, 0.6) is 11.5 Å². The molecule has 0 spiro atoms. The highest BCUT2D eigenvalue weighted by Gasteiger charge is 2.17. The van der Waals surface area contributed by atoms with E-state index in [1.165, 1.54) is 12.1 Å². The average molecular weight is 517 g/mol. The number of carbonyl (C=O) groups is 3. The van der Waals surface area contributed by atoms with Gasteiger partial charge >= 0.3 is 11.9 Å². The van der Waals surface area contributed by atoms with Crippen molar-refractivity contribution in [1.82, 2.24) is 0 Å². The largest absolute Gasteiger partial charge is 0.545 e. The van der Waals surface area contributed by atoms with Crippen LogP contribution >= 0.6 is 45.2 Å². The first-order chi connectivity index (χ1) is 9.72. The number of carbonyl (C=O) groups excluding carboxylic acids is 3. The molecule has 1 rings (SSSR count). The molecule has 0 radical (unpaired) electrons. The van der Waals surface area contributed by atoms with Crippen LogP contribution in [0, 0.1) is 0 Å². The van der Waals surface area contributed by atoms with Crippen molar-refractivity contribution in [2.24, 2.45) is 0 Å². The molecular weight excluding hydrogens is 506 g/mol. The van der Waals surface area contributed by atoms with Crippen molar-refractivity contribution in [1.29, 1.82) is 0 Å². The minimum absolute atomic E-state index is 0.0948. The highest BCUT2D eigenvalue weighted by Crippen LogP contribution is 2.26. The van der Waals surface area contributed by atoms with Crippen molar-refractivity contribution >= 4 is 63.1 Å². The molecule has 8 heteroatoms. The molecule has 0 aromatic heterocycles. The maximum absolute atomic E-state index is 11.6. The third-order valence-corrected chi connectivity index (χ3v) is 3.27. The molecule has 114 valence electrons. The summed E-state index contributed by atoms with van der Waals surface area (Å²) in [5, 5.41) is 11.0. The number of esters is 2. The molecule has 21 heavy (non-hydrogen) atoms. The van der Waals surface area contributed by atoms with Gasteiger partial charge in [-0.25, -0.2) is 0 Å². The Bertz CT molecular complexity index is 568. The Morgan fingerprint density at radius 3 is 2.05 bits per heavy atom. The summed E-state index contributed by atoms with van der Waals surface area (Å²) in [5.74, 6) is -2.70. The van der Waals surface area contributed by atoms with E-state index in [2.05, 4.69) is 0 Å². The second kappa shape index (κ2) is 7.92. The van der Waals surface area contributed by atoms with Crippen molar-refractivity contribution in [3.05, 3.63) is 23.8 Å². The molecule has 0 amide bonds. The summed E-state index contributed by atoms with van der Waals surface area (Å²) in [4.78, 5) is 34.1. The Balaban J connectivity index is 3.09. The monoisotopic (exact) mass is 517 g/mol. The zero-order chi connectivity index (χ0) is 16.2. The van der Waals surface area contributed by atoms with Crippen molar-refractivity contribution in [3.63, 3.8) is 0 Å². The molecule has 0 aliphatic heterocycles. The van der Waals surface area contributed by atoms with E-state index in [0.29, 0.717) is 0 Å². The zero-order valence-electron chi connectivity index (χ0n) is 11.1. The number of hydrogen-bond donors (Lipinski definition) is 0. The summed E-state index contributed by atoms with van der Waals surface area (Å²) in [5.41, 5.74) is -0.289. The number of hydrogen-bond acceptors (Lipinski definition) is 6. The lowest BCUT2D eigenvalue weighted by Crippen LogP contribution is -2.25. The fourth-order valence-electron chi connectivity index (χ4n) is 1.21. The van der Waals surface area contributed by atoms with Crippen molar-refractivity contribution in [2.75, 3.05) is 0 Å². The lowest BCUT2D eigenvalue weighted by Gasteiger charge is -2.13. The Morgan fingerprint density at radius 1 is 1.05 bits per heavy atom. The third kappa shape index (κ3) is 5.41. The number of carboxylic acid groups (broad SMARTS) is 1. The number of aromatic carboxylic acids is 1. The molecular formula is C13H11I2O6-. The normalized spacial score (nSPS) is 13.1. The molecule has 0 bridgehead atoms. The number of alkyl halides is 2. The Labute approximate surface area is 148 Å². The van der Waals surface area contributed by atoms with Crippen LogP contribution in [0.2, 0.25) is 0 Å². The summed E-state index contributed by atoms with van der Waals surface area (Å²) >= 11 is 3.72. The highest BCUT2D eigenvalue weighted by atomic mass is 127. The van der Waals surface area contributed by atoms with Gasteiger partial charge in [0.05, 0.1) is 5.97 Å². The van der Waals surface area contributed by atoms with Gasteiger partial charge < -0.3 is 19.4 Å². The number of halogens is 2. The van der Waals surface area contributed by atoms with E-state index < -0.39 is 21.8 Å². The topological polar surface area (TPSA) is 92.7 Å². The van der Waals surface area contributed by atoms with E-state index in [0.717, 1.165) is 6.07 Å². The van der Waals surface area contributed by atoms with Crippen LogP contribution < -0.4 is 14.6 Å². The molecule has 0 N–H and O–H groups in total. The first-order valence-electron chi connectivity index (χ1n) is 5.79. The predicted octanol–water partition coefficient (Wildman–Crippen LogP) is 1.51. The molecule has 6 nitrogen and oxygen atoms in total. The second-order valence-corrected chi connectivity index (χ2v) is 7.76. The molecule has 2 atom stereocenters. The second-order valence-electron chi connectivity index (χ2n) is 4.02. The molecule has 0 aliphatic carbocycles. The summed E-state index contributed by atoms with van der Waals surface area (Å²) in [7, 11) is 0. The van der Waals surface area contributed by atoms with Gasteiger partial charge in [0, 0.05) is 11.6 Å². The molecule has 0 aliphatic rings. The van der Waals surface area contributed by atoms with E-state index in [4.69, 9.17) is 9.47 Å². The first kappa shape index (κ1) is 18.1. The zero-order valence-corrected chi connectivity index (χ0v) is 15.4. The van der Waals surface area contributed by atoms with Crippen LogP contribution in [0.4, 0.5) is 0 Å². The van der Waals surface area contributed by atoms with E-state index in [-0.39, 0.29) is 21.0 Å². The van der Waals surface area contributed by atoms with Gasteiger partial charge in [-0.1, -0.05) is 45.2 Å². The maximum atomic E-state index is 11.6. The smallest absolute Gasteiger partial charge is 0.324 e. The van der Waals surface area contributed by atoms with Crippen LogP contribution in [-0.4, -0.2) is 25.8 Å². The molecule has 0 heterocycles. The van der Waals surface area contributed by atoms with Gasteiger partial charge in [-0.3, -0.25) is 9.59 Å². The van der Waals surface area contributed by atoms with Gasteiger partial charge in [0.1, 0.15) is 19.3 Å². The Morgan fingerprint density at radius 2 is 1.57 bits per heavy atom. The van der Waals surface area contributed by atoms with Crippen molar-refractivity contribution in [3.8, 4) is 11.5 Å². The lowest BCUT2D eigenvalue weighted by atomic mass is 10.2. The first-order valence-corrected chi connectivity index (χ1v) is 8.28. The molecule has 1 aromatic rings. The van der Waals surface area contributed by atoms with Crippen molar-refractivity contribution < 1.29 is 29.0 Å². The number of benzene rings is 1. The average Bonchev–Trinajstić information content (AvgIpc) is 2.38. The van der Waals surface area contributed by atoms with E-state index in [1.54, 1.807) is 13.8 Å². The van der Waals surface area contributed by atoms with Crippen LogP contribution in [0.25, 0.3) is 0 Å². The van der Waals surface area contributed by atoms with Gasteiger partial charge in [0.2, 0.25) is 0 Å². The number of rotatable bonds is 5. The van der Waals surface area contributed by atoms with Gasteiger partial charge in [-0.05, 0) is 26.0 Å². The molecule has 1 aromatic carbocycles. The minimum atomic E-state index is -1.49.